The van der Waals surface area contributed by atoms with Crippen molar-refractivity contribution >= 4 is 39.3 Å². The molecule has 3 aromatic rings. The normalized spacial score (nSPS) is 18.3. The van der Waals surface area contributed by atoms with Crippen molar-refractivity contribution < 1.29 is 22.4 Å². The predicted molar refractivity (Wildman–Crippen MR) is 157 cm³/mol. The van der Waals surface area contributed by atoms with E-state index in [0.29, 0.717) is 68.2 Å². The summed E-state index contributed by atoms with van der Waals surface area (Å²) in [6.07, 6.45) is 0.0138. The topological polar surface area (TPSA) is 84.6 Å². The van der Waals surface area contributed by atoms with Crippen LogP contribution < -0.4 is 20.7 Å². The number of aromatic amines is 1. The average molecular weight is 605 g/mol. The van der Waals surface area contributed by atoms with E-state index in [1.165, 1.54) is 0 Å². The number of aryl methyl sites for hydroxylation is 2. The van der Waals surface area contributed by atoms with Gasteiger partial charge < -0.3 is 25.0 Å². The van der Waals surface area contributed by atoms with Gasteiger partial charge in [-0.05, 0) is 51.4 Å². The first kappa shape index (κ1) is 29.8. The van der Waals surface area contributed by atoms with Crippen molar-refractivity contribution in [2.45, 2.75) is 39.4 Å². The Kier molecular flexibility index (Phi) is 8.17. The summed E-state index contributed by atoms with van der Waals surface area (Å²) in [5.41, 5.74) is -1.23. The molecular formula is C29H32F4N6O2S. The van der Waals surface area contributed by atoms with Crippen molar-refractivity contribution in [1.29, 1.82) is 0 Å². The van der Waals surface area contributed by atoms with Crippen molar-refractivity contribution in [3.8, 4) is 0 Å². The molecule has 0 saturated carbocycles. The summed E-state index contributed by atoms with van der Waals surface area (Å²) in [7, 11) is 1.99. The maximum Gasteiger partial charge on any atom is 0.417 e. The number of carbonyl (C=O) groups is 1. The van der Waals surface area contributed by atoms with E-state index in [4.69, 9.17) is 0 Å². The van der Waals surface area contributed by atoms with Gasteiger partial charge in [-0.2, -0.15) is 13.2 Å². The number of alkyl halides is 3. The summed E-state index contributed by atoms with van der Waals surface area (Å²) < 4.78 is 57.8. The summed E-state index contributed by atoms with van der Waals surface area (Å²) in [5, 5.41) is 3.34. The highest BCUT2D eigenvalue weighted by molar-refractivity contribution is 7.15. The number of anilines is 3. The van der Waals surface area contributed by atoms with Crippen LogP contribution in [0.5, 0.6) is 0 Å². The molecule has 224 valence electrons. The van der Waals surface area contributed by atoms with Crippen molar-refractivity contribution in [2.75, 3.05) is 54.9 Å². The monoisotopic (exact) mass is 604 g/mol. The molecule has 0 spiro atoms. The second-order valence-electron chi connectivity index (χ2n) is 10.8. The number of aromatic nitrogens is 2. The Morgan fingerprint density at radius 1 is 1.17 bits per heavy atom. The highest BCUT2D eigenvalue weighted by Gasteiger charge is 2.37. The van der Waals surface area contributed by atoms with Crippen LogP contribution in [0.25, 0.3) is 5.57 Å². The number of likely N-dealkylation sites (N-methyl/N-ethyl adjacent to an activating group) is 1. The van der Waals surface area contributed by atoms with Crippen LogP contribution in [-0.2, 0) is 6.18 Å². The molecule has 0 bridgehead atoms. The molecule has 5 rings (SSSR count). The minimum absolute atomic E-state index is 0.128. The number of pyridine rings is 1. The van der Waals surface area contributed by atoms with Gasteiger partial charge in [0.15, 0.2) is 10.9 Å². The lowest BCUT2D eigenvalue weighted by molar-refractivity contribution is -0.138. The van der Waals surface area contributed by atoms with E-state index < -0.39 is 34.6 Å². The number of halogens is 4. The lowest BCUT2D eigenvalue weighted by Gasteiger charge is -2.40. The van der Waals surface area contributed by atoms with E-state index in [1.807, 2.05) is 38.1 Å². The maximum atomic E-state index is 16.6. The van der Waals surface area contributed by atoms with Crippen LogP contribution in [0.2, 0.25) is 0 Å². The van der Waals surface area contributed by atoms with Gasteiger partial charge in [0.05, 0.1) is 16.8 Å². The van der Waals surface area contributed by atoms with Crippen molar-refractivity contribution in [1.82, 2.24) is 14.9 Å². The molecule has 1 amide bonds. The smallest absolute Gasteiger partial charge is 0.367 e. The number of hydrogen-bond donors (Lipinski definition) is 2. The summed E-state index contributed by atoms with van der Waals surface area (Å²) in [4.78, 5) is 38.8. The second-order valence-corrected chi connectivity index (χ2v) is 12.0. The van der Waals surface area contributed by atoms with Gasteiger partial charge in [0.25, 0.3) is 5.91 Å². The largest absolute Gasteiger partial charge is 0.417 e. The molecule has 1 aromatic carbocycles. The Hall–Kier alpha value is -3.71. The summed E-state index contributed by atoms with van der Waals surface area (Å²) >= 11 is 1.58. The first-order chi connectivity index (χ1) is 19.8. The van der Waals surface area contributed by atoms with Crippen molar-refractivity contribution in [2.24, 2.45) is 0 Å². The van der Waals surface area contributed by atoms with Gasteiger partial charge in [-0.25, -0.2) is 9.37 Å². The molecule has 2 N–H and O–H groups in total. The summed E-state index contributed by atoms with van der Waals surface area (Å²) in [5.74, 6) is -1.87. The Balaban J connectivity index is 1.56. The Bertz CT molecular complexity index is 1600. The first-order valence-electron chi connectivity index (χ1n) is 13.6. The number of nitrogens with one attached hydrogen (secondary N) is 2. The van der Waals surface area contributed by atoms with Gasteiger partial charge in [-0.15, -0.1) is 11.3 Å². The van der Waals surface area contributed by atoms with Crippen LogP contribution >= 0.6 is 11.3 Å². The van der Waals surface area contributed by atoms with Gasteiger partial charge in [0.2, 0.25) is 5.56 Å². The molecule has 2 aromatic heterocycles. The number of carbonyl (C=O) groups excluding carboxylic acids is 1. The Labute approximate surface area is 244 Å². The minimum Gasteiger partial charge on any atom is -0.367 e. The Morgan fingerprint density at radius 3 is 2.55 bits per heavy atom. The molecule has 1 saturated heterocycles. The molecule has 2 aliphatic heterocycles. The third kappa shape index (κ3) is 5.93. The number of thiazole rings is 1. The lowest BCUT2D eigenvalue weighted by atomic mass is 9.93. The fourth-order valence-electron chi connectivity index (χ4n) is 5.42. The van der Waals surface area contributed by atoms with Crippen molar-refractivity contribution in [3.63, 3.8) is 0 Å². The Morgan fingerprint density at radius 2 is 1.93 bits per heavy atom. The number of piperazine rings is 1. The predicted octanol–water partition coefficient (Wildman–Crippen LogP) is 5.29. The highest BCUT2D eigenvalue weighted by Crippen LogP contribution is 2.40. The third-order valence-electron chi connectivity index (χ3n) is 7.87. The van der Waals surface area contributed by atoms with Gasteiger partial charge >= 0.3 is 6.18 Å². The first-order valence-corrected chi connectivity index (χ1v) is 14.4. The quantitative estimate of drug-likeness (QED) is 0.385. The zero-order valence-corrected chi connectivity index (χ0v) is 24.5. The second kappa shape index (κ2) is 11.5. The molecule has 0 unspecified atom stereocenters. The summed E-state index contributed by atoms with van der Waals surface area (Å²) in [6.45, 7) is 8.71. The maximum absolute atomic E-state index is 16.6. The van der Waals surface area contributed by atoms with Crippen molar-refractivity contribution in [3.05, 3.63) is 73.9 Å². The number of benzene rings is 1. The molecule has 1 fully saturated rings. The number of nitrogens with zero attached hydrogens (tertiary/aromatic N) is 4. The highest BCUT2D eigenvalue weighted by atomic mass is 32.1. The molecule has 0 radical (unpaired) electrons. The fraction of sp³-hybridized carbons (Fsp3) is 0.414. The molecule has 1 atom stereocenters. The van der Waals surface area contributed by atoms with Crippen LogP contribution in [-0.4, -0.2) is 66.6 Å². The summed E-state index contributed by atoms with van der Waals surface area (Å²) in [6, 6.07) is 2.25. The van der Waals surface area contributed by atoms with Crippen LogP contribution in [0.3, 0.4) is 0 Å². The molecule has 42 heavy (non-hydrogen) atoms. The fourth-order valence-corrected chi connectivity index (χ4v) is 6.22. The lowest BCUT2D eigenvalue weighted by Crippen LogP contribution is -2.50. The standard InChI is InChI=1S/C29H32F4N6O2S/c1-16-11-22(39-10-9-37(4)17(2)15-39)26(36-27(41)20-14-34-23(40)12-21(20)29(31,32)33)25(30)24(16)19-5-7-38(8-6-19)28-35-13-18(3)42-28/h5,11-14,17H,6-10,15H2,1-4H3,(H,34,40)(H,36,41)/t17-/m0/s1. The van der Waals surface area contributed by atoms with Crippen LogP contribution in [0.15, 0.2) is 35.4 Å². The van der Waals surface area contributed by atoms with E-state index in [2.05, 4.69) is 25.1 Å². The van der Waals surface area contributed by atoms with E-state index >= 15 is 4.39 Å². The number of amides is 1. The van der Waals surface area contributed by atoms with Crippen LogP contribution in [0.4, 0.5) is 34.1 Å². The zero-order valence-electron chi connectivity index (χ0n) is 23.7. The molecule has 2 aliphatic rings. The van der Waals surface area contributed by atoms with Crippen LogP contribution in [0, 0.1) is 19.7 Å². The number of H-pyrrole nitrogens is 1. The van der Waals surface area contributed by atoms with E-state index in [0.717, 1.165) is 15.6 Å². The molecule has 0 aliphatic carbocycles. The molecule has 8 nitrogen and oxygen atoms in total. The number of hydrogen-bond acceptors (Lipinski definition) is 7. The molecular weight excluding hydrogens is 572 g/mol. The average Bonchev–Trinajstić information content (AvgIpc) is 3.37. The SMILES string of the molecule is Cc1cnc(N2CC=C(c3c(C)cc(N4CCN(C)[C@@H](C)C4)c(NC(=O)c4c[nH]c(=O)cc4C(F)(F)F)c3F)CC2)s1. The van der Waals surface area contributed by atoms with Gasteiger partial charge in [0, 0.05) is 67.7 Å². The third-order valence-corrected chi connectivity index (χ3v) is 8.84. The minimum atomic E-state index is -4.96. The van der Waals surface area contributed by atoms with Crippen LogP contribution in [0.1, 0.15) is 45.3 Å². The van der Waals surface area contributed by atoms with Gasteiger partial charge in [-0.1, -0.05) is 6.08 Å². The van der Waals surface area contributed by atoms with E-state index in [1.54, 1.807) is 24.3 Å². The molecule has 13 heteroatoms. The molecule has 4 heterocycles. The van der Waals surface area contributed by atoms with E-state index in [9.17, 15) is 22.8 Å². The number of rotatable bonds is 5. The van der Waals surface area contributed by atoms with Gasteiger partial charge in [0.1, 0.15) is 5.69 Å². The van der Waals surface area contributed by atoms with Gasteiger partial charge in [-0.3, -0.25) is 9.59 Å². The zero-order chi connectivity index (χ0) is 30.3. The van der Waals surface area contributed by atoms with E-state index in [-0.39, 0.29) is 11.7 Å².